The highest BCUT2D eigenvalue weighted by molar-refractivity contribution is 5.48. The third kappa shape index (κ3) is 3.21. The molecule has 0 spiro atoms. The second kappa shape index (κ2) is 5.34. The number of hydrogen-bond acceptors (Lipinski definition) is 3. The first-order valence-corrected chi connectivity index (χ1v) is 5.56. The van der Waals surface area contributed by atoms with E-state index in [1.54, 1.807) is 7.11 Å². The van der Waals surface area contributed by atoms with Gasteiger partial charge in [-0.1, -0.05) is 12.1 Å². The summed E-state index contributed by atoms with van der Waals surface area (Å²) in [6.45, 7) is 2.81. The van der Waals surface area contributed by atoms with E-state index in [4.69, 9.17) is 4.74 Å². The normalized spacial score (nSPS) is 10.0. The molecule has 0 atom stereocenters. The molecular formula is C14H16N2O. The van der Waals surface area contributed by atoms with Gasteiger partial charge in [0.2, 0.25) is 0 Å². The van der Waals surface area contributed by atoms with Gasteiger partial charge in [-0.3, -0.25) is 4.98 Å². The lowest BCUT2D eigenvalue weighted by atomic mass is 10.2. The van der Waals surface area contributed by atoms with Crippen LogP contribution in [-0.4, -0.2) is 12.1 Å². The Balaban J connectivity index is 2.02. The molecule has 0 saturated heterocycles. The van der Waals surface area contributed by atoms with Gasteiger partial charge in [-0.2, -0.15) is 0 Å². The molecule has 0 radical (unpaired) electrons. The fraction of sp³-hybridized carbons (Fsp3) is 0.214. The summed E-state index contributed by atoms with van der Waals surface area (Å²) in [5.74, 6) is 0.859. The molecule has 0 saturated carbocycles. The molecule has 3 nitrogen and oxygen atoms in total. The fourth-order valence-corrected chi connectivity index (χ4v) is 1.65. The number of nitrogens with one attached hydrogen (secondary N) is 1. The van der Waals surface area contributed by atoms with Gasteiger partial charge in [0.1, 0.15) is 5.75 Å². The molecule has 2 aromatic rings. The Kier molecular flexibility index (Phi) is 3.60. The summed E-state index contributed by atoms with van der Waals surface area (Å²) < 4.78 is 5.17. The van der Waals surface area contributed by atoms with E-state index in [1.807, 2.05) is 43.6 Å². The first kappa shape index (κ1) is 11.5. The minimum Gasteiger partial charge on any atom is -0.497 e. The van der Waals surface area contributed by atoms with Gasteiger partial charge in [0.05, 0.1) is 7.11 Å². The van der Waals surface area contributed by atoms with Crippen molar-refractivity contribution in [3.8, 4) is 5.75 Å². The number of methoxy groups -OCH3 is 1. The van der Waals surface area contributed by atoms with E-state index in [-0.39, 0.29) is 0 Å². The van der Waals surface area contributed by atoms with E-state index in [0.717, 1.165) is 18.0 Å². The van der Waals surface area contributed by atoms with Crippen molar-refractivity contribution in [2.75, 3.05) is 12.4 Å². The number of benzene rings is 1. The maximum Gasteiger partial charge on any atom is 0.120 e. The first-order chi connectivity index (χ1) is 8.28. The van der Waals surface area contributed by atoms with Gasteiger partial charge in [-0.15, -0.1) is 0 Å². The molecule has 1 aromatic heterocycles. The van der Waals surface area contributed by atoms with Crippen LogP contribution in [0.15, 0.2) is 42.7 Å². The monoisotopic (exact) mass is 228 g/mol. The first-order valence-electron chi connectivity index (χ1n) is 5.56. The number of nitrogens with zero attached hydrogens (tertiary/aromatic N) is 1. The third-order valence-corrected chi connectivity index (χ3v) is 2.50. The summed E-state index contributed by atoms with van der Waals surface area (Å²) >= 11 is 0. The molecule has 0 bridgehead atoms. The number of rotatable bonds is 4. The molecule has 0 aliphatic heterocycles. The molecule has 17 heavy (non-hydrogen) atoms. The van der Waals surface area contributed by atoms with Crippen LogP contribution < -0.4 is 10.1 Å². The van der Waals surface area contributed by atoms with Gasteiger partial charge in [0.25, 0.3) is 0 Å². The summed E-state index contributed by atoms with van der Waals surface area (Å²) in [6.07, 6.45) is 3.73. The molecule has 0 unspecified atom stereocenters. The minimum absolute atomic E-state index is 0.766. The minimum atomic E-state index is 0.766. The van der Waals surface area contributed by atoms with Crippen molar-refractivity contribution in [3.05, 3.63) is 53.9 Å². The SMILES string of the molecule is COc1cccc(NCc2cncc(C)c2)c1. The number of aryl methyl sites for hydroxylation is 1. The predicted molar refractivity (Wildman–Crippen MR) is 69.3 cm³/mol. The fourth-order valence-electron chi connectivity index (χ4n) is 1.65. The lowest BCUT2D eigenvalue weighted by Crippen LogP contribution is -2.00. The largest absolute Gasteiger partial charge is 0.497 e. The third-order valence-electron chi connectivity index (χ3n) is 2.50. The van der Waals surface area contributed by atoms with Crippen LogP contribution in [0.5, 0.6) is 5.75 Å². The zero-order valence-corrected chi connectivity index (χ0v) is 10.1. The smallest absolute Gasteiger partial charge is 0.120 e. The highest BCUT2D eigenvalue weighted by Crippen LogP contribution is 2.17. The Bertz CT molecular complexity index is 497. The molecule has 1 N–H and O–H groups in total. The van der Waals surface area contributed by atoms with E-state index in [2.05, 4.69) is 16.4 Å². The molecule has 0 aliphatic carbocycles. The number of pyridine rings is 1. The van der Waals surface area contributed by atoms with Crippen LogP contribution >= 0.6 is 0 Å². The Morgan fingerprint density at radius 2 is 2.12 bits per heavy atom. The van der Waals surface area contributed by atoms with E-state index < -0.39 is 0 Å². The lowest BCUT2D eigenvalue weighted by molar-refractivity contribution is 0.415. The van der Waals surface area contributed by atoms with Crippen molar-refractivity contribution < 1.29 is 4.74 Å². The lowest BCUT2D eigenvalue weighted by Gasteiger charge is -2.08. The topological polar surface area (TPSA) is 34.1 Å². The number of aromatic nitrogens is 1. The highest BCUT2D eigenvalue weighted by Gasteiger charge is 1.97. The van der Waals surface area contributed by atoms with Gasteiger partial charge >= 0.3 is 0 Å². The van der Waals surface area contributed by atoms with Crippen LogP contribution in [0.4, 0.5) is 5.69 Å². The summed E-state index contributed by atoms with van der Waals surface area (Å²) in [5, 5.41) is 3.34. The van der Waals surface area contributed by atoms with Gasteiger partial charge in [0.15, 0.2) is 0 Å². The molecule has 1 aromatic carbocycles. The average Bonchev–Trinajstić information content (AvgIpc) is 2.37. The molecule has 0 fully saturated rings. The Morgan fingerprint density at radius 1 is 1.24 bits per heavy atom. The highest BCUT2D eigenvalue weighted by atomic mass is 16.5. The van der Waals surface area contributed by atoms with Crippen LogP contribution in [0.1, 0.15) is 11.1 Å². The molecule has 3 heteroatoms. The zero-order valence-electron chi connectivity index (χ0n) is 10.1. The molecule has 88 valence electrons. The summed E-state index contributed by atoms with van der Waals surface area (Å²) in [7, 11) is 1.67. The van der Waals surface area contributed by atoms with E-state index in [9.17, 15) is 0 Å². The Morgan fingerprint density at radius 3 is 2.88 bits per heavy atom. The second-order valence-corrected chi connectivity index (χ2v) is 3.96. The second-order valence-electron chi connectivity index (χ2n) is 3.96. The van der Waals surface area contributed by atoms with Crippen molar-refractivity contribution in [3.63, 3.8) is 0 Å². The molecule has 2 rings (SSSR count). The van der Waals surface area contributed by atoms with Crippen LogP contribution in [-0.2, 0) is 6.54 Å². The Hall–Kier alpha value is -2.03. The van der Waals surface area contributed by atoms with Crippen LogP contribution in [0, 0.1) is 6.92 Å². The number of anilines is 1. The number of hydrogen-bond donors (Lipinski definition) is 1. The van der Waals surface area contributed by atoms with Crippen molar-refractivity contribution in [2.24, 2.45) is 0 Å². The van der Waals surface area contributed by atoms with Crippen molar-refractivity contribution in [1.82, 2.24) is 4.98 Å². The maximum absolute atomic E-state index is 5.17. The van der Waals surface area contributed by atoms with E-state index in [1.165, 1.54) is 11.1 Å². The van der Waals surface area contributed by atoms with E-state index >= 15 is 0 Å². The van der Waals surface area contributed by atoms with Crippen LogP contribution in [0.2, 0.25) is 0 Å². The van der Waals surface area contributed by atoms with Gasteiger partial charge in [-0.05, 0) is 30.2 Å². The van der Waals surface area contributed by atoms with Gasteiger partial charge < -0.3 is 10.1 Å². The van der Waals surface area contributed by atoms with Crippen LogP contribution in [0.3, 0.4) is 0 Å². The van der Waals surface area contributed by atoms with Crippen molar-refractivity contribution in [2.45, 2.75) is 13.5 Å². The zero-order chi connectivity index (χ0) is 12.1. The quantitative estimate of drug-likeness (QED) is 0.873. The van der Waals surface area contributed by atoms with Crippen LogP contribution in [0.25, 0.3) is 0 Å². The predicted octanol–water partition coefficient (Wildman–Crippen LogP) is 3.01. The summed E-state index contributed by atoms with van der Waals surface area (Å²) in [4.78, 5) is 4.17. The summed E-state index contributed by atoms with van der Waals surface area (Å²) in [6, 6.07) is 10.0. The van der Waals surface area contributed by atoms with Crippen molar-refractivity contribution in [1.29, 1.82) is 0 Å². The van der Waals surface area contributed by atoms with Gasteiger partial charge in [-0.25, -0.2) is 0 Å². The average molecular weight is 228 g/mol. The molecule has 0 aliphatic rings. The van der Waals surface area contributed by atoms with E-state index in [0.29, 0.717) is 0 Å². The van der Waals surface area contributed by atoms with Gasteiger partial charge in [0, 0.05) is 30.7 Å². The molecule has 0 amide bonds. The summed E-state index contributed by atoms with van der Waals surface area (Å²) in [5.41, 5.74) is 3.40. The maximum atomic E-state index is 5.17. The molecule has 1 heterocycles. The molecular weight excluding hydrogens is 212 g/mol. The Labute approximate surface area is 101 Å². The standard InChI is InChI=1S/C14H16N2O/c1-11-6-12(9-15-8-11)10-16-13-4-3-5-14(7-13)17-2/h3-9,16H,10H2,1-2H3. The van der Waals surface area contributed by atoms with Crippen molar-refractivity contribution >= 4 is 5.69 Å². The number of ether oxygens (including phenoxy) is 1.